The Morgan fingerprint density at radius 2 is 2.24 bits per heavy atom. The Morgan fingerprint density at radius 1 is 1.53 bits per heavy atom. The number of likely N-dealkylation sites (N-methyl/N-ethyl adjacent to an activating group) is 1. The lowest BCUT2D eigenvalue weighted by Gasteiger charge is -2.23. The summed E-state index contributed by atoms with van der Waals surface area (Å²) in [6.45, 7) is 2.14. The topological polar surface area (TPSA) is 88.3 Å². The van der Waals surface area contributed by atoms with Gasteiger partial charge in [0, 0.05) is 13.5 Å². The van der Waals surface area contributed by atoms with Crippen molar-refractivity contribution in [3.05, 3.63) is 12.7 Å². The molecule has 94 valence electrons. The van der Waals surface area contributed by atoms with Crippen molar-refractivity contribution in [2.45, 2.75) is 32.4 Å². The predicted molar refractivity (Wildman–Crippen MR) is 59.1 cm³/mol. The van der Waals surface area contributed by atoms with Crippen LogP contribution in [0, 0.1) is 0 Å². The molecule has 0 fully saturated rings. The van der Waals surface area contributed by atoms with Crippen LogP contribution in [0.2, 0.25) is 0 Å². The van der Waals surface area contributed by atoms with Crippen LogP contribution in [0.4, 0.5) is 0 Å². The summed E-state index contributed by atoms with van der Waals surface area (Å²) in [5.41, 5.74) is 0. The summed E-state index contributed by atoms with van der Waals surface area (Å²) in [5.74, 6) is -1.20. The molecule has 1 aromatic rings. The lowest BCUT2D eigenvalue weighted by Crippen LogP contribution is -2.42. The fourth-order valence-electron chi connectivity index (χ4n) is 1.52. The lowest BCUT2D eigenvalue weighted by atomic mass is 10.2. The first-order valence-electron chi connectivity index (χ1n) is 5.37. The molecule has 0 saturated carbocycles. The van der Waals surface area contributed by atoms with Crippen LogP contribution in [0.15, 0.2) is 12.7 Å². The Bertz CT molecular complexity index is 377. The van der Waals surface area contributed by atoms with E-state index in [1.165, 1.54) is 29.3 Å². The number of amides is 1. The van der Waals surface area contributed by atoms with Crippen LogP contribution < -0.4 is 0 Å². The van der Waals surface area contributed by atoms with Gasteiger partial charge in [-0.2, -0.15) is 5.10 Å². The van der Waals surface area contributed by atoms with E-state index in [0.29, 0.717) is 13.0 Å². The molecule has 0 saturated heterocycles. The van der Waals surface area contributed by atoms with Crippen LogP contribution in [-0.4, -0.2) is 49.7 Å². The van der Waals surface area contributed by atoms with Gasteiger partial charge >= 0.3 is 5.97 Å². The van der Waals surface area contributed by atoms with Gasteiger partial charge < -0.3 is 10.0 Å². The smallest absolute Gasteiger partial charge is 0.326 e. The average Bonchev–Trinajstić information content (AvgIpc) is 2.78. The zero-order valence-corrected chi connectivity index (χ0v) is 9.91. The third kappa shape index (κ3) is 3.54. The molecule has 0 aliphatic heterocycles. The summed E-state index contributed by atoms with van der Waals surface area (Å²) in [5, 5.41) is 12.8. The Kier molecular flexibility index (Phi) is 4.62. The van der Waals surface area contributed by atoms with Crippen molar-refractivity contribution in [1.29, 1.82) is 0 Å². The minimum Gasteiger partial charge on any atom is -0.480 e. The number of hydrogen-bond donors (Lipinski definition) is 1. The number of carboxylic acid groups (broad SMARTS) is 1. The second kappa shape index (κ2) is 5.97. The SMILES string of the molecule is CCC(C(=O)O)N(C)C(=O)CCn1cncn1. The van der Waals surface area contributed by atoms with Gasteiger partial charge in [-0.05, 0) is 6.42 Å². The molecular weight excluding hydrogens is 224 g/mol. The summed E-state index contributed by atoms with van der Waals surface area (Å²) >= 11 is 0. The normalized spacial score (nSPS) is 12.1. The summed E-state index contributed by atoms with van der Waals surface area (Å²) in [6.07, 6.45) is 3.51. The Balaban J connectivity index is 2.49. The van der Waals surface area contributed by atoms with Gasteiger partial charge in [-0.3, -0.25) is 9.48 Å². The largest absolute Gasteiger partial charge is 0.480 e. The van der Waals surface area contributed by atoms with Crippen LogP contribution in [0.1, 0.15) is 19.8 Å². The minimum absolute atomic E-state index is 0.212. The van der Waals surface area contributed by atoms with E-state index in [9.17, 15) is 9.59 Å². The van der Waals surface area contributed by atoms with Gasteiger partial charge in [-0.15, -0.1) is 0 Å². The fraction of sp³-hybridized carbons (Fsp3) is 0.600. The number of rotatable bonds is 6. The van der Waals surface area contributed by atoms with Crippen LogP contribution in [0.5, 0.6) is 0 Å². The van der Waals surface area contributed by atoms with E-state index in [-0.39, 0.29) is 12.3 Å². The predicted octanol–water partition coefficient (Wildman–Crippen LogP) is -0.0102. The minimum atomic E-state index is -0.982. The molecule has 1 unspecified atom stereocenters. The first-order valence-corrected chi connectivity index (χ1v) is 5.37. The summed E-state index contributed by atoms with van der Waals surface area (Å²) in [4.78, 5) is 27.7. The zero-order chi connectivity index (χ0) is 12.8. The van der Waals surface area contributed by atoms with Crippen molar-refractivity contribution in [3.63, 3.8) is 0 Å². The first kappa shape index (κ1) is 13.1. The molecule has 1 heterocycles. The van der Waals surface area contributed by atoms with Gasteiger partial charge in [-0.25, -0.2) is 9.78 Å². The van der Waals surface area contributed by atoms with Crippen molar-refractivity contribution < 1.29 is 14.7 Å². The van der Waals surface area contributed by atoms with Crippen LogP contribution in [0.25, 0.3) is 0 Å². The van der Waals surface area contributed by atoms with Gasteiger partial charge in [0.1, 0.15) is 18.7 Å². The number of aromatic nitrogens is 3. The summed E-state index contributed by atoms with van der Waals surface area (Å²) in [7, 11) is 1.51. The number of carbonyl (C=O) groups excluding carboxylic acids is 1. The molecular formula is C10H16N4O3. The maximum absolute atomic E-state index is 11.7. The van der Waals surface area contributed by atoms with E-state index in [1.54, 1.807) is 6.92 Å². The Hall–Kier alpha value is -1.92. The molecule has 0 spiro atoms. The number of carbonyl (C=O) groups is 2. The van der Waals surface area contributed by atoms with Gasteiger partial charge in [0.05, 0.1) is 6.54 Å². The van der Waals surface area contributed by atoms with E-state index in [1.807, 2.05) is 0 Å². The molecule has 1 amide bonds. The highest BCUT2D eigenvalue weighted by Crippen LogP contribution is 2.04. The average molecular weight is 240 g/mol. The highest BCUT2D eigenvalue weighted by molar-refractivity contribution is 5.83. The van der Waals surface area contributed by atoms with E-state index >= 15 is 0 Å². The van der Waals surface area contributed by atoms with Gasteiger partial charge in [0.2, 0.25) is 5.91 Å². The number of aryl methyl sites for hydroxylation is 1. The van der Waals surface area contributed by atoms with E-state index < -0.39 is 12.0 Å². The third-order valence-electron chi connectivity index (χ3n) is 2.55. The summed E-state index contributed by atoms with van der Waals surface area (Å²) in [6, 6.07) is -0.766. The molecule has 7 heteroatoms. The molecule has 0 bridgehead atoms. The molecule has 1 rings (SSSR count). The maximum Gasteiger partial charge on any atom is 0.326 e. The maximum atomic E-state index is 11.7. The zero-order valence-electron chi connectivity index (χ0n) is 9.91. The van der Waals surface area contributed by atoms with Crippen LogP contribution in [-0.2, 0) is 16.1 Å². The third-order valence-corrected chi connectivity index (χ3v) is 2.55. The van der Waals surface area contributed by atoms with E-state index in [4.69, 9.17) is 5.11 Å². The molecule has 1 N–H and O–H groups in total. The monoisotopic (exact) mass is 240 g/mol. The van der Waals surface area contributed by atoms with E-state index in [2.05, 4.69) is 10.1 Å². The quantitative estimate of drug-likeness (QED) is 0.755. The van der Waals surface area contributed by atoms with Crippen LogP contribution in [0.3, 0.4) is 0 Å². The van der Waals surface area contributed by atoms with Gasteiger partial charge in [0.15, 0.2) is 0 Å². The number of nitrogens with zero attached hydrogens (tertiary/aromatic N) is 4. The highest BCUT2D eigenvalue weighted by atomic mass is 16.4. The van der Waals surface area contributed by atoms with Gasteiger partial charge in [0.25, 0.3) is 0 Å². The Labute approximate surface area is 99.1 Å². The molecule has 17 heavy (non-hydrogen) atoms. The van der Waals surface area contributed by atoms with Crippen molar-refractivity contribution in [1.82, 2.24) is 19.7 Å². The molecule has 1 aromatic heterocycles. The lowest BCUT2D eigenvalue weighted by molar-refractivity contribution is -0.149. The fourth-order valence-corrected chi connectivity index (χ4v) is 1.52. The van der Waals surface area contributed by atoms with Crippen molar-refractivity contribution in [2.75, 3.05) is 7.05 Å². The van der Waals surface area contributed by atoms with E-state index in [0.717, 1.165) is 0 Å². The van der Waals surface area contributed by atoms with Crippen molar-refractivity contribution in [2.24, 2.45) is 0 Å². The first-order chi connectivity index (χ1) is 8.06. The molecule has 0 radical (unpaired) electrons. The second-order valence-electron chi connectivity index (χ2n) is 3.68. The van der Waals surface area contributed by atoms with Crippen LogP contribution >= 0.6 is 0 Å². The van der Waals surface area contributed by atoms with Gasteiger partial charge in [-0.1, -0.05) is 6.92 Å². The number of carboxylic acids is 1. The van der Waals surface area contributed by atoms with Crippen molar-refractivity contribution in [3.8, 4) is 0 Å². The van der Waals surface area contributed by atoms with Crippen molar-refractivity contribution >= 4 is 11.9 Å². The molecule has 0 aliphatic rings. The highest BCUT2D eigenvalue weighted by Gasteiger charge is 2.24. The molecule has 7 nitrogen and oxygen atoms in total. The number of hydrogen-bond acceptors (Lipinski definition) is 4. The summed E-state index contributed by atoms with van der Waals surface area (Å²) < 4.78 is 1.54. The standard InChI is InChI=1S/C10H16N4O3/c1-3-8(10(16)17)13(2)9(15)4-5-14-7-11-6-12-14/h6-8H,3-5H2,1-2H3,(H,16,17). The Morgan fingerprint density at radius 3 is 2.71 bits per heavy atom. The molecule has 1 atom stereocenters. The molecule has 0 aliphatic carbocycles. The number of aliphatic carboxylic acids is 1. The second-order valence-corrected chi connectivity index (χ2v) is 3.68. The molecule has 0 aromatic carbocycles.